The molecule has 1 saturated carbocycles. The SMILES string of the molecule is CCNC(=NCCN(C)S(=O)(=O)c1cccs1)N1CC2CCCCC2C1. The predicted molar refractivity (Wildman–Crippen MR) is 107 cm³/mol. The number of sulfonamides is 1. The van der Waals surface area contributed by atoms with Gasteiger partial charge in [0.1, 0.15) is 4.21 Å². The molecule has 1 aromatic rings. The predicted octanol–water partition coefficient (Wildman–Crippen LogP) is 2.46. The normalized spacial score (nSPS) is 24.1. The molecule has 1 aliphatic heterocycles. The Balaban J connectivity index is 1.59. The number of guanidine groups is 1. The van der Waals surface area contributed by atoms with E-state index in [9.17, 15) is 8.42 Å². The van der Waals surface area contributed by atoms with Crippen molar-refractivity contribution in [2.75, 3.05) is 39.8 Å². The van der Waals surface area contributed by atoms with Gasteiger partial charge in [-0.25, -0.2) is 8.42 Å². The van der Waals surface area contributed by atoms with Crippen LogP contribution < -0.4 is 5.32 Å². The molecule has 2 aliphatic rings. The Bertz CT molecular complexity index is 689. The largest absolute Gasteiger partial charge is 0.357 e. The van der Waals surface area contributed by atoms with E-state index >= 15 is 0 Å². The Morgan fingerprint density at radius 3 is 2.62 bits per heavy atom. The van der Waals surface area contributed by atoms with Crippen LogP contribution in [0.1, 0.15) is 32.6 Å². The topological polar surface area (TPSA) is 65.0 Å². The number of hydrogen-bond donors (Lipinski definition) is 1. The summed E-state index contributed by atoms with van der Waals surface area (Å²) in [6, 6.07) is 3.41. The Labute approximate surface area is 161 Å². The molecular weight excluding hydrogens is 368 g/mol. The Kier molecular flexibility index (Phi) is 6.58. The number of nitrogens with zero attached hydrogens (tertiary/aromatic N) is 3. The lowest BCUT2D eigenvalue weighted by Crippen LogP contribution is -2.41. The van der Waals surface area contributed by atoms with E-state index < -0.39 is 10.0 Å². The number of rotatable bonds is 6. The van der Waals surface area contributed by atoms with Gasteiger partial charge < -0.3 is 10.2 Å². The monoisotopic (exact) mass is 398 g/mol. The van der Waals surface area contributed by atoms with Crippen molar-refractivity contribution < 1.29 is 8.42 Å². The zero-order chi connectivity index (χ0) is 18.6. The maximum absolute atomic E-state index is 12.5. The van der Waals surface area contributed by atoms with Gasteiger partial charge in [0.25, 0.3) is 10.0 Å². The second-order valence-corrected chi connectivity index (χ2v) is 10.4. The molecule has 0 amide bonds. The number of likely N-dealkylation sites (N-methyl/N-ethyl adjacent to an activating group) is 1. The van der Waals surface area contributed by atoms with Crippen molar-refractivity contribution in [3.05, 3.63) is 17.5 Å². The molecule has 1 aliphatic carbocycles. The maximum atomic E-state index is 12.5. The molecular formula is C18H30N4O2S2. The number of aliphatic imine (C=N–C) groups is 1. The van der Waals surface area contributed by atoms with Gasteiger partial charge in [0.2, 0.25) is 0 Å². The fourth-order valence-electron chi connectivity index (χ4n) is 3.99. The van der Waals surface area contributed by atoms with Crippen LogP contribution in [0.2, 0.25) is 0 Å². The highest BCUT2D eigenvalue weighted by Gasteiger charge is 2.35. The summed E-state index contributed by atoms with van der Waals surface area (Å²) in [5.74, 6) is 2.53. The molecule has 0 bridgehead atoms. The second kappa shape index (κ2) is 8.71. The van der Waals surface area contributed by atoms with E-state index in [1.165, 1.54) is 41.3 Å². The average molecular weight is 399 g/mol. The molecule has 1 N–H and O–H groups in total. The molecule has 0 spiro atoms. The van der Waals surface area contributed by atoms with Crippen molar-refractivity contribution in [3.63, 3.8) is 0 Å². The molecule has 2 heterocycles. The first kappa shape index (κ1) is 19.6. The summed E-state index contributed by atoms with van der Waals surface area (Å²) in [6.07, 6.45) is 5.38. The van der Waals surface area contributed by atoms with E-state index in [0.29, 0.717) is 17.3 Å². The molecule has 0 aromatic carbocycles. The fourth-order valence-corrected chi connectivity index (χ4v) is 6.35. The number of hydrogen-bond acceptors (Lipinski definition) is 4. The zero-order valence-corrected chi connectivity index (χ0v) is 17.4. The highest BCUT2D eigenvalue weighted by atomic mass is 32.2. The maximum Gasteiger partial charge on any atom is 0.252 e. The summed E-state index contributed by atoms with van der Waals surface area (Å²) in [4.78, 5) is 7.09. The molecule has 8 heteroatoms. The highest BCUT2D eigenvalue weighted by Crippen LogP contribution is 2.35. The third-order valence-corrected chi connectivity index (χ3v) is 8.68. The van der Waals surface area contributed by atoms with E-state index in [-0.39, 0.29) is 0 Å². The van der Waals surface area contributed by atoms with Crippen molar-refractivity contribution in [1.29, 1.82) is 0 Å². The summed E-state index contributed by atoms with van der Waals surface area (Å²) in [6.45, 7) is 5.92. The molecule has 6 nitrogen and oxygen atoms in total. The Morgan fingerprint density at radius 2 is 2.04 bits per heavy atom. The van der Waals surface area contributed by atoms with Crippen LogP contribution in [0.25, 0.3) is 0 Å². The van der Waals surface area contributed by atoms with E-state index in [4.69, 9.17) is 4.99 Å². The molecule has 146 valence electrons. The minimum absolute atomic E-state index is 0.385. The third-order valence-electron chi connectivity index (χ3n) is 5.45. The molecule has 3 rings (SSSR count). The number of thiophene rings is 1. The number of nitrogens with one attached hydrogen (secondary N) is 1. The van der Waals surface area contributed by atoms with Gasteiger partial charge in [0.05, 0.1) is 6.54 Å². The summed E-state index contributed by atoms with van der Waals surface area (Å²) >= 11 is 1.25. The lowest BCUT2D eigenvalue weighted by Gasteiger charge is -2.22. The smallest absolute Gasteiger partial charge is 0.252 e. The standard InChI is InChI=1S/C18H30N4O2S2/c1-3-19-18(22-13-15-7-4-5-8-16(15)14-22)20-10-11-21(2)26(23,24)17-9-6-12-25-17/h6,9,12,15-16H,3-5,7-8,10-11,13-14H2,1-2H3,(H,19,20). The summed E-state index contributed by atoms with van der Waals surface area (Å²) in [7, 11) is -1.77. The first-order valence-electron chi connectivity index (χ1n) is 9.55. The molecule has 2 fully saturated rings. The second-order valence-electron chi connectivity index (χ2n) is 7.20. The van der Waals surface area contributed by atoms with Gasteiger partial charge in [-0.2, -0.15) is 4.31 Å². The van der Waals surface area contributed by atoms with Gasteiger partial charge in [0, 0.05) is 33.2 Å². The molecule has 1 saturated heterocycles. The van der Waals surface area contributed by atoms with Gasteiger partial charge in [0.15, 0.2) is 5.96 Å². The lowest BCUT2D eigenvalue weighted by atomic mass is 9.82. The molecule has 26 heavy (non-hydrogen) atoms. The van der Waals surface area contributed by atoms with Gasteiger partial charge in [-0.05, 0) is 43.0 Å². The molecule has 2 atom stereocenters. The van der Waals surface area contributed by atoms with Crippen LogP contribution in [-0.2, 0) is 10.0 Å². The van der Waals surface area contributed by atoms with Crippen LogP contribution in [-0.4, -0.2) is 63.4 Å². The minimum Gasteiger partial charge on any atom is -0.357 e. The number of likely N-dealkylation sites (tertiary alicyclic amines) is 1. The van der Waals surface area contributed by atoms with Crippen LogP contribution in [0, 0.1) is 11.8 Å². The first-order valence-corrected chi connectivity index (χ1v) is 11.9. The van der Waals surface area contributed by atoms with Crippen molar-refractivity contribution >= 4 is 27.3 Å². The zero-order valence-electron chi connectivity index (χ0n) is 15.7. The lowest BCUT2D eigenvalue weighted by molar-refractivity contribution is 0.299. The fraction of sp³-hybridized carbons (Fsp3) is 0.722. The van der Waals surface area contributed by atoms with Gasteiger partial charge >= 0.3 is 0 Å². The molecule has 2 unspecified atom stereocenters. The highest BCUT2D eigenvalue weighted by molar-refractivity contribution is 7.91. The van der Waals surface area contributed by atoms with Crippen LogP contribution >= 0.6 is 11.3 Å². The average Bonchev–Trinajstić information content (AvgIpc) is 3.30. The summed E-state index contributed by atoms with van der Waals surface area (Å²) in [5.41, 5.74) is 0. The van der Waals surface area contributed by atoms with E-state index in [2.05, 4.69) is 17.1 Å². The van der Waals surface area contributed by atoms with Gasteiger partial charge in [-0.3, -0.25) is 4.99 Å². The van der Waals surface area contributed by atoms with Crippen molar-refractivity contribution in [2.45, 2.75) is 36.8 Å². The minimum atomic E-state index is -3.39. The Morgan fingerprint density at radius 1 is 1.35 bits per heavy atom. The summed E-state index contributed by atoms with van der Waals surface area (Å²) in [5, 5.41) is 5.17. The van der Waals surface area contributed by atoms with E-state index in [0.717, 1.165) is 37.4 Å². The van der Waals surface area contributed by atoms with Crippen LogP contribution in [0.3, 0.4) is 0 Å². The van der Waals surface area contributed by atoms with Crippen LogP contribution in [0.5, 0.6) is 0 Å². The number of fused-ring (bicyclic) bond motifs is 1. The first-order chi connectivity index (χ1) is 12.5. The molecule has 1 aromatic heterocycles. The van der Waals surface area contributed by atoms with Gasteiger partial charge in [-0.15, -0.1) is 11.3 Å². The van der Waals surface area contributed by atoms with Crippen molar-refractivity contribution in [1.82, 2.24) is 14.5 Å². The summed E-state index contributed by atoms with van der Waals surface area (Å²) < 4.78 is 26.8. The van der Waals surface area contributed by atoms with Crippen LogP contribution in [0.4, 0.5) is 0 Å². The Hall–Kier alpha value is -1.12. The quantitative estimate of drug-likeness (QED) is 0.590. The van der Waals surface area contributed by atoms with Crippen molar-refractivity contribution in [2.24, 2.45) is 16.8 Å². The molecule has 0 radical (unpaired) electrons. The third kappa shape index (κ3) is 4.40. The van der Waals surface area contributed by atoms with Gasteiger partial charge in [-0.1, -0.05) is 18.9 Å². The van der Waals surface area contributed by atoms with Crippen LogP contribution in [0.15, 0.2) is 26.7 Å². The van der Waals surface area contributed by atoms with E-state index in [1.54, 1.807) is 24.6 Å². The van der Waals surface area contributed by atoms with E-state index in [1.807, 2.05) is 0 Å². The van der Waals surface area contributed by atoms with Crippen molar-refractivity contribution in [3.8, 4) is 0 Å².